The number of unbranched alkanes of at least 4 members (excludes halogenated alkanes) is 2. The Balaban J connectivity index is 1.53. The Morgan fingerprint density at radius 3 is 2.39 bits per heavy atom. The Kier molecular flexibility index (Phi) is 6.78. The number of aromatic nitrogens is 2. The van der Waals surface area contributed by atoms with Gasteiger partial charge in [-0.1, -0.05) is 44.0 Å². The summed E-state index contributed by atoms with van der Waals surface area (Å²) < 4.78 is 0. The number of nitrogens with zero attached hydrogens (tertiary/aromatic N) is 1. The number of benzene rings is 1. The fourth-order valence-electron chi connectivity index (χ4n) is 3.09. The molecule has 1 aromatic carbocycles. The van der Waals surface area contributed by atoms with Crippen molar-refractivity contribution in [2.75, 3.05) is 13.1 Å². The molecule has 3 N–H and O–H groups in total. The van der Waals surface area contributed by atoms with Crippen molar-refractivity contribution >= 4 is 22.7 Å². The summed E-state index contributed by atoms with van der Waals surface area (Å²) in [6.45, 7) is 3.23. The Morgan fingerprint density at radius 2 is 1.64 bits per heavy atom. The van der Waals surface area contributed by atoms with Gasteiger partial charge >= 0.3 is 0 Å². The van der Waals surface area contributed by atoms with Crippen molar-refractivity contribution in [3.63, 3.8) is 0 Å². The van der Waals surface area contributed by atoms with E-state index in [2.05, 4.69) is 33.6 Å². The standard InChI is InChI=1S/C22H26N4O2/c1-2-3-6-13-23-21(27)19-10-7-11-20(26-19)22(28)24-14-12-16-15-25-18-9-5-4-8-17(16)18/h4-5,7-11,15,25H,2-3,6,12-14H2,1H3,(H,23,27)(H,24,28). The Bertz CT molecular complexity index is 948. The quantitative estimate of drug-likeness (QED) is 0.498. The van der Waals surface area contributed by atoms with Crippen molar-refractivity contribution in [2.24, 2.45) is 0 Å². The van der Waals surface area contributed by atoms with Crippen LogP contribution in [0.25, 0.3) is 10.9 Å². The van der Waals surface area contributed by atoms with E-state index in [1.807, 2.05) is 24.4 Å². The molecule has 3 rings (SSSR count). The van der Waals surface area contributed by atoms with Gasteiger partial charge in [-0.3, -0.25) is 9.59 Å². The molecule has 0 fully saturated rings. The summed E-state index contributed by atoms with van der Waals surface area (Å²) in [5.41, 5.74) is 2.76. The van der Waals surface area contributed by atoms with E-state index in [-0.39, 0.29) is 23.2 Å². The van der Waals surface area contributed by atoms with Gasteiger partial charge in [0, 0.05) is 30.2 Å². The van der Waals surface area contributed by atoms with Crippen molar-refractivity contribution in [3.05, 3.63) is 65.6 Å². The number of nitrogens with one attached hydrogen (secondary N) is 3. The summed E-state index contributed by atoms with van der Waals surface area (Å²) in [5.74, 6) is -0.523. The van der Waals surface area contributed by atoms with Crippen molar-refractivity contribution in [1.82, 2.24) is 20.6 Å². The Hall–Kier alpha value is -3.15. The number of amides is 2. The third kappa shape index (κ3) is 4.97. The van der Waals surface area contributed by atoms with Gasteiger partial charge in [0.1, 0.15) is 11.4 Å². The first-order valence-corrected chi connectivity index (χ1v) is 9.77. The number of rotatable bonds is 9. The van der Waals surface area contributed by atoms with Crippen LogP contribution in [0.3, 0.4) is 0 Å². The van der Waals surface area contributed by atoms with E-state index < -0.39 is 0 Å². The maximum Gasteiger partial charge on any atom is 0.269 e. The van der Waals surface area contributed by atoms with E-state index >= 15 is 0 Å². The lowest BCUT2D eigenvalue weighted by Gasteiger charge is -2.07. The molecule has 0 aliphatic carbocycles. The zero-order valence-electron chi connectivity index (χ0n) is 16.1. The van der Waals surface area contributed by atoms with Gasteiger partial charge in [0.05, 0.1) is 0 Å². The van der Waals surface area contributed by atoms with Gasteiger partial charge in [0.2, 0.25) is 0 Å². The van der Waals surface area contributed by atoms with Crippen LogP contribution in [0.4, 0.5) is 0 Å². The number of fused-ring (bicyclic) bond motifs is 1. The molecule has 2 amide bonds. The van der Waals surface area contributed by atoms with Crippen LogP contribution in [0.5, 0.6) is 0 Å². The van der Waals surface area contributed by atoms with Crippen LogP contribution in [-0.4, -0.2) is 34.9 Å². The molecule has 3 aromatic rings. The number of hydrogen-bond acceptors (Lipinski definition) is 3. The van der Waals surface area contributed by atoms with Crippen LogP contribution in [0.15, 0.2) is 48.7 Å². The van der Waals surface area contributed by atoms with E-state index in [1.165, 1.54) is 0 Å². The summed E-state index contributed by atoms with van der Waals surface area (Å²) in [4.78, 5) is 32.0. The number of hydrogen-bond donors (Lipinski definition) is 3. The largest absolute Gasteiger partial charge is 0.361 e. The summed E-state index contributed by atoms with van der Waals surface area (Å²) >= 11 is 0. The van der Waals surface area contributed by atoms with E-state index in [0.717, 1.165) is 35.7 Å². The SMILES string of the molecule is CCCCCNC(=O)c1cccc(C(=O)NCCc2c[nH]c3ccccc23)n1. The molecule has 0 aliphatic rings. The van der Waals surface area contributed by atoms with Gasteiger partial charge in [-0.25, -0.2) is 4.98 Å². The van der Waals surface area contributed by atoms with Gasteiger partial charge in [-0.15, -0.1) is 0 Å². The normalized spacial score (nSPS) is 10.8. The minimum absolute atomic E-state index is 0.246. The molecule has 0 atom stereocenters. The molecule has 0 unspecified atom stereocenters. The van der Waals surface area contributed by atoms with Crippen LogP contribution < -0.4 is 10.6 Å². The zero-order valence-corrected chi connectivity index (χ0v) is 16.1. The smallest absolute Gasteiger partial charge is 0.269 e. The number of carbonyl (C=O) groups is 2. The lowest BCUT2D eigenvalue weighted by atomic mass is 10.1. The molecule has 6 nitrogen and oxygen atoms in total. The molecule has 28 heavy (non-hydrogen) atoms. The molecule has 0 aliphatic heterocycles. The molecule has 0 saturated heterocycles. The van der Waals surface area contributed by atoms with E-state index in [1.54, 1.807) is 18.2 Å². The van der Waals surface area contributed by atoms with E-state index in [9.17, 15) is 9.59 Å². The van der Waals surface area contributed by atoms with Crippen molar-refractivity contribution in [2.45, 2.75) is 32.6 Å². The minimum Gasteiger partial charge on any atom is -0.361 e. The number of H-pyrrole nitrogens is 1. The van der Waals surface area contributed by atoms with Crippen LogP contribution in [-0.2, 0) is 6.42 Å². The monoisotopic (exact) mass is 378 g/mol. The second-order valence-electron chi connectivity index (χ2n) is 6.74. The Labute approximate surface area is 164 Å². The average molecular weight is 378 g/mol. The molecule has 0 spiro atoms. The highest BCUT2D eigenvalue weighted by atomic mass is 16.2. The molecule has 0 saturated carbocycles. The first-order chi connectivity index (χ1) is 13.7. The molecular weight excluding hydrogens is 352 g/mol. The number of para-hydroxylation sites is 1. The fraction of sp³-hybridized carbons (Fsp3) is 0.318. The van der Waals surface area contributed by atoms with Gasteiger partial charge < -0.3 is 15.6 Å². The van der Waals surface area contributed by atoms with Crippen LogP contribution in [0, 0.1) is 0 Å². The average Bonchev–Trinajstić information content (AvgIpc) is 3.14. The number of aromatic amines is 1. The third-order valence-electron chi connectivity index (χ3n) is 4.64. The second-order valence-corrected chi connectivity index (χ2v) is 6.74. The van der Waals surface area contributed by atoms with Gasteiger partial charge in [-0.05, 0) is 36.6 Å². The molecule has 2 heterocycles. The molecule has 2 aromatic heterocycles. The highest BCUT2D eigenvalue weighted by Crippen LogP contribution is 2.17. The predicted molar refractivity (Wildman–Crippen MR) is 110 cm³/mol. The van der Waals surface area contributed by atoms with Crippen LogP contribution in [0.1, 0.15) is 52.7 Å². The summed E-state index contributed by atoms with van der Waals surface area (Å²) in [6.07, 6.45) is 5.80. The lowest BCUT2D eigenvalue weighted by Crippen LogP contribution is -2.29. The predicted octanol–water partition coefficient (Wildman–Crippen LogP) is 3.46. The molecule has 0 radical (unpaired) electrons. The summed E-state index contributed by atoms with van der Waals surface area (Å²) in [6, 6.07) is 13.0. The fourth-order valence-corrected chi connectivity index (χ4v) is 3.09. The highest BCUT2D eigenvalue weighted by Gasteiger charge is 2.12. The van der Waals surface area contributed by atoms with Crippen molar-refractivity contribution in [1.29, 1.82) is 0 Å². The second kappa shape index (κ2) is 9.69. The van der Waals surface area contributed by atoms with Gasteiger partial charge in [0.25, 0.3) is 11.8 Å². The third-order valence-corrected chi connectivity index (χ3v) is 4.64. The van der Waals surface area contributed by atoms with Gasteiger partial charge in [0.15, 0.2) is 0 Å². The molecular formula is C22H26N4O2. The lowest BCUT2D eigenvalue weighted by molar-refractivity contribution is 0.0944. The summed E-state index contributed by atoms with van der Waals surface area (Å²) in [5, 5.41) is 6.89. The molecule has 6 heteroatoms. The highest BCUT2D eigenvalue weighted by molar-refractivity contribution is 5.96. The van der Waals surface area contributed by atoms with Crippen LogP contribution in [0.2, 0.25) is 0 Å². The summed E-state index contributed by atoms with van der Waals surface area (Å²) in [7, 11) is 0. The minimum atomic E-state index is -0.277. The maximum atomic E-state index is 12.4. The molecule has 146 valence electrons. The Morgan fingerprint density at radius 1 is 0.929 bits per heavy atom. The number of carbonyl (C=O) groups excluding carboxylic acids is 2. The number of pyridine rings is 1. The first-order valence-electron chi connectivity index (χ1n) is 9.77. The maximum absolute atomic E-state index is 12.4. The zero-order chi connectivity index (χ0) is 19.8. The topological polar surface area (TPSA) is 86.9 Å². The van der Waals surface area contributed by atoms with Gasteiger partial charge in [-0.2, -0.15) is 0 Å². The first kappa shape index (κ1) is 19.6. The van der Waals surface area contributed by atoms with E-state index in [0.29, 0.717) is 19.5 Å². The van der Waals surface area contributed by atoms with Crippen molar-refractivity contribution < 1.29 is 9.59 Å². The molecule has 0 bridgehead atoms. The van der Waals surface area contributed by atoms with E-state index in [4.69, 9.17) is 0 Å². The van der Waals surface area contributed by atoms with Crippen molar-refractivity contribution in [3.8, 4) is 0 Å². The van der Waals surface area contributed by atoms with Crippen LogP contribution >= 0.6 is 0 Å².